The summed E-state index contributed by atoms with van der Waals surface area (Å²) >= 11 is 0. The average Bonchev–Trinajstić information content (AvgIpc) is 3.19. The van der Waals surface area contributed by atoms with Gasteiger partial charge in [-0.05, 0) is 37.8 Å². The number of para-hydroxylation sites is 1. The van der Waals surface area contributed by atoms with Gasteiger partial charge in [0.25, 0.3) is 0 Å². The van der Waals surface area contributed by atoms with Gasteiger partial charge >= 0.3 is 0 Å². The Kier molecular flexibility index (Phi) is 6.19. The zero-order chi connectivity index (χ0) is 24.7. The van der Waals surface area contributed by atoms with E-state index in [1.54, 1.807) is 4.90 Å². The number of carbonyl (C=O) groups excluding carboxylic acids is 2. The molecule has 1 aromatic heterocycles. The fourth-order valence-corrected chi connectivity index (χ4v) is 4.51. The van der Waals surface area contributed by atoms with Crippen molar-refractivity contribution in [2.45, 2.75) is 72.9 Å². The molecule has 34 heavy (non-hydrogen) atoms. The van der Waals surface area contributed by atoms with Crippen LogP contribution < -0.4 is 4.90 Å². The van der Waals surface area contributed by atoms with Crippen LogP contribution in [0, 0.1) is 5.41 Å². The lowest BCUT2D eigenvalue weighted by atomic mass is 9.88. The van der Waals surface area contributed by atoms with E-state index in [0.717, 1.165) is 33.8 Å². The van der Waals surface area contributed by atoms with Crippen molar-refractivity contribution in [3.05, 3.63) is 54.1 Å². The van der Waals surface area contributed by atoms with Crippen molar-refractivity contribution < 1.29 is 9.59 Å². The molecular weight excluding hydrogens is 424 g/mol. The second-order valence-corrected chi connectivity index (χ2v) is 11.3. The topological polar surface area (TPSA) is 68.1 Å². The van der Waals surface area contributed by atoms with Crippen LogP contribution in [0.5, 0.6) is 0 Å². The average molecular weight is 459 g/mol. The number of aromatic nitrogens is 3. The molecular formula is C28H34N4O2. The van der Waals surface area contributed by atoms with Crippen molar-refractivity contribution in [1.82, 2.24) is 15.0 Å². The van der Waals surface area contributed by atoms with Crippen LogP contribution in [0.1, 0.15) is 66.4 Å². The molecule has 0 N–H and O–H groups in total. The largest absolute Gasteiger partial charge is 0.307 e. The van der Waals surface area contributed by atoms with E-state index in [4.69, 9.17) is 0 Å². The van der Waals surface area contributed by atoms with E-state index < -0.39 is 0 Å². The summed E-state index contributed by atoms with van der Waals surface area (Å²) in [4.78, 5) is 27.8. The number of fused-ring (bicyclic) bond motifs is 5. The van der Waals surface area contributed by atoms with Gasteiger partial charge in [0.15, 0.2) is 0 Å². The highest BCUT2D eigenvalue weighted by molar-refractivity contribution is 6.01. The third-order valence-electron chi connectivity index (χ3n) is 6.00. The summed E-state index contributed by atoms with van der Waals surface area (Å²) in [6.45, 7) is 12.9. The minimum atomic E-state index is -0.259. The van der Waals surface area contributed by atoms with Crippen molar-refractivity contribution in [3.8, 4) is 22.5 Å². The zero-order valence-electron chi connectivity index (χ0n) is 21.1. The number of rotatable bonds is 4. The van der Waals surface area contributed by atoms with Crippen molar-refractivity contribution in [2.24, 2.45) is 5.41 Å². The summed E-state index contributed by atoms with van der Waals surface area (Å²) in [6, 6.07) is 16.0. The van der Waals surface area contributed by atoms with Gasteiger partial charge < -0.3 is 4.90 Å². The highest BCUT2D eigenvalue weighted by Gasteiger charge is 2.31. The Bertz CT molecular complexity index is 1230. The molecule has 2 aromatic carbocycles. The van der Waals surface area contributed by atoms with Crippen molar-refractivity contribution in [1.29, 1.82) is 0 Å². The molecule has 1 aliphatic heterocycles. The SMILES string of the molecule is CC(C)(C)CC(=O)CCC(=O)N1Cc2ccccc2-c2c(nnn2C(C)(C)C)-c2ccccc21. The van der Waals surface area contributed by atoms with Crippen LogP contribution >= 0.6 is 0 Å². The van der Waals surface area contributed by atoms with Crippen LogP contribution in [-0.2, 0) is 21.7 Å². The number of ketones is 1. The fraction of sp³-hybridized carbons (Fsp3) is 0.429. The quantitative estimate of drug-likeness (QED) is 0.481. The molecule has 0 atom stereocenters. The second kappa shape index (κ2) is 8.82. The molecule has 4 rings (SSSR count). The molecule has 0 saturated heterocycles. The summed E-state index contributed by atoms with van der Waals surface area (Å²) < 4.78 is 1.97. The summed E-state index contributed by atoms with van der Waals surface area (Å²) in [5.41, 5.74) is 5.10. The van der Waals surface area contributed by atoms with Crippen molar-refractivity contribution >= 4 is 17.4 Å². The lowest BCUT2D eigenvalue weighted by molar-refractivity contribution is -0.125. The van der Waals surface area contributed by atoms with Crippen LogP contribution in [0.4, 0.5) is 5.69 Å². The highest BCUT2D eigenvalue weighted by Crippen LogP contribution is 2.42. The maximum absolute atomic E-state index is 13.5. The molecule has 0 bridgehead atoms. The monoisotopic (exact) mass is 458 g/mol. The maximum atomic E-state index is 13.5. The van der Waals surface area contributed by atoms with Gasteiger partial charge in [-0.25, -0.2) is 4.68 Å². The molecule has 0 radical (unpaired) electrons. The Morgan fingerprint density at radius 3 is 2.21 bits per heavy atom. The van der Waals surface area contributed by atoms with Crippen LogP contribution in [0.15, 0.2) is 48.5 Å². The number of hydrogen-bond acceptors (Lipinski definition) is 4. The predicted molar refractivity (Wildman–Crippen MR) is 135 cm³/mol. The van der Waals surface area contributed by atoms with E-state index in [2.05, 4.69) is 43.2 Å². The third kappa shape index (κ3) is 4.81. The number of amides is 1. The number of nitrogens with zero attached hydrogens (tertiary/aromatic N) is 4. The summed E-state index contributed by atoms with van der Waals surface area (Å²) in [7, 11) is 0. The first kappa shape index (κ1) is 23.9. The number of Topliss-reactive ketones (excluding diaryl/α,β-unsaturated/α-hetero) is 1. The van der Waals surface area contributed by atoms with E-state index in [-0.39, 0.29) is 35.5 Å². The van der Waals surface area contributed by atoms with Crippen LogP contribution in [0.2, 0.25) is 0 Å². The molecule has 0 fully saturated rings. The lowest BCUT2D eigenvalue weighted by Gasteiger charge is -2.30. The van der Waals surface area contributed by atoms with Gasteiger partial charge in [-0.3, -0.25) is 9.59 Å². The van der Waals surface area contributed by atoms with E-state index in [1.807, 2.05) is 61.9 Å². The standard InChI is InChI=1S/C28H34N4O2/c1-27(2,3)17-20(33)15-16-24(34)31-18-19-11-7-8-12-21(19)26-25(22-13-9-10-14-23(22)31)29-30-32(26)28(4,5)6/h7-14H,15-18H2,1-6H3. The van der Waals surface area contributed by atoms with Crippen LogP contribution in [-0.4, -0.2) is 26.7 Å². The van der Waals surface area contributed by atoms with Gasteiger partial charge in [0.1, 0.15) is 11.5 Å². The predicted octanol–water partition coefficient (Wildman–Crippen LogP) is 6.00. The van der Waals surface area contributed by atoms with Crippen LogP contribution in [0.3, 0.4) is 0 Å². The number of carbonyl (C=O) groups is 2. The number of benzene rings is 2. The van der Waals surface area contributed by atoms with E-state index in [0.29, 0.717) is 13.0 Å². The van der Waals surface area contributed by atoms with Crippen molar-refractivity contribution in [3.63, 3.8) is 0 Å². The summed E-state index contributed by atoms with van der Waals surface area (Å²) in [6.07, 6.45) is 0.911. The minimum absolute atomic E-state index is 0.0591. The van der Waals surface area contributed by atoms with E-state index in [9.17, 15) is 9.59 Å². The Hall–Kier alpha value is -3.28. The molecule has 0 spiro atoms. The number of hydrogen-bond donors (Lipinski definition) is 0. The van der Waals surface area contributed by atoms with Gasteiger partial charge in [0, 0.05) is 30.4 Å². The molecule has 6 nitrogen and oxygen atoms in total. The molecule has 2 heterocycles. The van der Waals surface area contributed by atoms with Gasteiger partial charge in [0.05, 0.1) is 23.5 Å². The molecule has 1 amide bonds. The minimum Gasteiger partial charge on any atom is -0.307 e. The summed E-state index contributed by atoms with van der Waals surface area (Å²) in [5.74, 6) is 0.0631. The molecule has 0 saturated carbocycles. The van der Waals surface area contributed by atoms with Gasteiger partial charge in [-0.15, -0.1) is 5.10 Å². The molecule has 6 heteroatoms. The Labute approximate surface area is 202 Å². The number of anilines is 1. The molecule has 0 unspecified atom stereocenters. The zero-order valence-corrected chi connectivity index (χ0v) is 21.1. The Morgan fingerprint density at radius 2 is 1.53 bits per heavy atom. The Balaban J connectivity index is 1.79. The van der Waals surface area contributed by atoms with Gasteiger partial charge in [-0.2, -0.15) is 0 Å². The highest BCUT2D eigenvalue weighted by atomic mass is 16.2. The molecule has 178 valence electrons. The second-order valence-electron chi connectivity index (χ2n) is 11.3. The first-order chi connectivity index (χ1) is 16.0. The molecule has 1 aliphatic rings. The lowest BCUT2D eigenvalue weighted by Crippen LogP contribution is -2.32. The Morgan fingerprint density at radius 1 is 0.882 bits per heavy atom. The normalized spacial score (nSPS) is 13.4. The summed E-state index contributed by atoms with van der Waals surface area (Å²) in [5, 5.41) is 9.13. The maximum Gasteiger partial charge on any atom is 0.227 e. The van der Waals surface area contributed by atoms with Gasteiger partial charge in [0.2, 0.25) is 5.91 Å². The first-order valence-electron chi connectivity index (χ1n) is 11.9. The third-order valence-corrected chi connectivity index (χ3v) is 6.00. The van der Waals surface area contributed by atoms with E-state index >= 15 is 0 Å². The van der Waals surface area contributed by atoms with Crippen molar-refractivity contribution in [2.75, 3.05) is 4.90 Å². The first-order valence-corrected chi connectivity index (χ1v) is 11.9. The molecule has 3 aromatic rings. The molecule has 0 aliphatic carbocycles. The van der Waals surface area contributed by atoms with Crippen LogP contribution in [0.25, 0.3) is 22.5 Å². The van der Waals surface area contributed by atoms with E-state index in [1.165, 1.54) is 0 Å². The smallest absolute Gasteiger partial charge is 0.227 e. The van der Waals surface area contributed by atoms with Gasteiger partial charge in [-0.1, -0.05) is 68.4 Å². The fourth-order valence-electron chi connectivity index (χ4n) is 4.51.